The zero-order valence-electron chi connectivity index (χ0n) is 9.92. The minimum atomic E-state index is -3.89. The maximum Gasteiger partial charge on any atom is 0.241 e. The highest BCUT2D eigenvalue weighted by atomic mass is 32.2. The van der Waals surface area contributed by atoms with E-state index in [1.54, 1.807) is 6.92 Å². The number of halogens is 1. The average molecular weight is 286 g/mol. The molecule has 1 aromatic carbocycles. The predicted molar refractivity (Wildman–Crippen MR) is 63.9 cm³/mol. The fraction of sp³-hybridized carbons (Fsp3) is 0.200. The van der Waals surface area contributed by atoms with E-state index < -0.39 is 15.8 Å². The van der Waals surface area contributed by atoms with E-state index in [2.05, 4.69) is 14.9 Å². The summed E-state index contributed by atoms with van der Waals surface area (Å²) < 4.78 is 43.9. The fourth-order valence-corrected chi connectivity index (χ4v) is 2.43. The SMILES string of the molecule is Cc1noc(CNS(=O)(=O)c2cc(N)cc(F)c2)n1. The minimum Gasteiger partial charge on any atom is -0.399 e. The Balaban J connectivity index is 2.18. The molecule has 0 spiro atoms. The molecule has 102 valence electrons. The average Bonchev–Trinajstić information content (AvgIpc) is 2.71. The van der Waals surface area contributed by atoms with Crippen LogP contribution in [-0.4, -0.2) is 18.6 Å². The van der Waals surface area contributed by atoms with E-state index in [9.17, 15) is 12.8 Å². The molecular formula is C10H11FN4O3S. The highest BCUT2D eigenvalue weighted by molar-refractivity contribution is 7.89. The normalized spacial score (nSPS) is 11.7. The lowest BCUT2D eigenvalue weighted by Gasteiger charge is -2.05. The van der Waals surface area contributed by atoms with E-state index in [-0.39, 0.29) is 23.0 Å². The smallest absolute Gasteiger partial charge is 0.241 e. The lowest BCUT2D eigenvalue weighted by Crippen LogP contribution is -2.23. The number of nitrogens with one attached hydrogen (secondary N) is 1. The van der Waals surface area contributed by atoms with Gasteiger partial charge in [0, 0.05) is 5.69 Å². The minimum absolute atomic E-state index is 0.0222. The first-order chi connectivity index (χ1) is 8.87. The van der Waals surface area contributed by atoms with E-state index in [0.717, 1.165) is 18.2 Å². The van der Waals surface area contributed by atoms with Crippen molar-refractivity contribution >= 4 is 15.7 Å². The molecule has 0 unspecified atom stereocenters. The van der Waals surface area contributed by atoms with Crippen LogP contribution < -0.4 is 10.5 Å². The van der Waals surface area contributed by atoms with Gasteiger partial charge in [-0.05, 0) is 25.1 Å². The molecular weight excluding hydrogens is 275 g/mol. The van der Waals surface area contributed by atoms with Crippen molar-refractivity contribution in [1.29, 1.82) is 0 Å². The van der Waals surface area contributed by atoms with E-state index in [0.29, 0.717) is 5.82 Å². The van der Waals surface area contributed by atoms with Crippen LogP contribution in [0.25, 0.3) is 0 Å². The van der Waals surface area contributed by atoms with Gasteiger partial charge in [0.2, 0.25) is 15.9 Å². The quantitative estimate of drug-likeness (QED) is 0.795. The molecule has 19 heavy (non-hydrogen) atoms. The summed E-state index contributed by atoms with van der Waals surface area (Å²) in [6, 6.07) is 3.06. The Bertz CT molecular complexity index is 678. The van der Waals surface area contributed by atoms with E-state index in [1.165, 1.54) is 0 Å². The molecule has 0 saturated carbocycles. The van der Waals surface area contributed by atoms with Crippen LogP contribution >= 0.6 is 0 Å². The van der Waals surface area contributed by atoms with Crippen molar-refractivity contribution in [3.05, 3.63) is 35.7 Å². The molecule has 0 amide bonds. The first kappa shape index (κ1) is 13.4. The topological polar surface area (TPSA) is 111 Å². The third-order valence-electron chi connectivity index (χ3n) is 2.19. The molecule has 3 N–H and O–H groups in total. The lowest BCUT2D eigenvalue weighted by molar-refractivity contribution is 0.372. The first-order valence-electron chi connectivity index (χ1n) is 5.22. The Morgan fingerprint density at radius 1 is 1.42 bits per heavy atom. The Hall–Kier alpha value is -2.00. The molecule has 0 bridgehead atoms. The van der Waals surface area contributed by atoms with Crippen LogP contribution in [-0.2, 0) is 16.6 Å². The number of nitrogens with two attached hydrogens (primary N) is 1. The third-order valence-corrected chi connectivity index (χ3v) is 3.57. The van der Waals surface area contributed by atoms with Crippen molar-refractivity contribution < 1.29 is 17.3 Å². The van der Waals surface area contributed by atoms with Crippen LogP contribution in [0.3, 0.4) is 0 Å². The van der Waals surface area contributed by atoms with Gasteiger partial charge in [-0.15, -0.1) is 0 Å². The number of aryl methyl sites for hydroxylation is 1. The summed E-state index contributed by atoms with van der Waals surface area (Å²) in [6.45, 7) is 1.42. The number of hydrogen-bond acceptors (Lipinski definition) is 6. The molecule has 2 rings (SSSR count). The number of anilines is 1. The maximum absolute atomic E-state index is 13.1. The Morgan fingerprint density at radius 3 is 2.74 bits per heavy atom. The largest absolute Gasteiger partial charge is 0.399 e. The van der Waals surface area contributed by atoms with Crippen molar-refractivity contribution in [2.24, 2.45) is 0 Å². The predicted octanol–water partition coefficient (Wildman–Crippen LogP) is 0.578. The summed E-state index contributed by atoms with van der Waals surface area (Å²) in [5, 5.41) is 3.52. The van der Waals surface area contributed by atoms with Gasteiger partial charge in [-0.1, -0.05) is 5.16 Å². The monoisotopic (exact) mass is 286 g/mol. The van der Waals surface area contributed by atoms with Gasteiger partial charge >= 0.3 is 0 Å². The molecule has 1 aromatic heterocycles. The van der Waals surface area contributed by atoms with Crippen molar-refractivity contribution in [2.45, 2.75) is 18.4 Å². The molecule has 2 aromatic rings. The van der Waals surface area contributed by atoms with Crippen molar-refractivity contribution in [2.75, 3.05) is 5.73 Å². The molecule has 0 atom stereocenters. The Morgan fingerprint density at radius 2 is 2.16 bits per heavy atom. The molecule has 0 aliphatic rings. The van der Waals surface area contributed by atoms with E-state index in [1.807, 2.05) is 0 Å². The van der Waals surface area contributed by atoms with E-state index >= 15 is 0 Å². The molecule has 0 saturated heterocycles. The van der Waals surface area contributed by atoms with Crippen LogP contribution in [0.2, 0.25) is 0 Å². The number of hydrogen-bond donors (Lipinski definition) is 2. The highest BCUT2D eigenvalue weighted by Crippen LogP contribution is 2.15. The molecule has 0 fully saturated rings. The van der Waals surface area contributed by atoms with Crippen LogP contribution in [0.4, 0.5) is 10.1 Å². The second-order valence-corrected chi connectivity index (χ2v) is 5.55. The van der Waals surface area contributed by atoms with Gasteiger partial charge in [-0.2, -0.15) is 4.98 Å². The van der Waals surface area contributed by atoms with Crippen molar-refractivity contribution in [3.63, 3.8) is 0 Å². The molecule has 7 nitrogen and oxygen atoms in total. The molecule has 9 heteroatoms. The Kier molecular flexibility index (Phi) is 3.49. The maximum atomic E-state index is 13.1. The summed E-state index contributed by atoms with van der Waals surface area (Å²) in [7, 11) is -3.89. The standard InChI is InChI=1S/C10H11FN4O3S/c1-6-14-10(18-15-6)5-13-19(16,17)9-3-7(11)2-8(12)4-9/h2-4,13H,5,12H2,1H3. The molecule has 0 aliphatic carbocycles. The number of benzene rings is 1. The van der Waals surface area contributed by atoms with Crippen molar-refractivity contribution in [1.82, 2.24) is 14.9 Å². The molecule has 0 aliphatic heterocycles. The van der Waals surface area contributed by atoms with Gasteiger partial charge < -0.3 is 10.3 Å². The van der Waals surface area contributed by atoms with Crippen LogP contribution in [0.5, 0.6) is 0 Å². The summed E-state index contributed by atoms with van der Waals surface area (Å²) in [6.07, 6.45) is 0. The first-order valence-corrected chi connectivity index (χ1v) is 6.70. The van der Waals surface area contributed by atoms with Crippen molar-refractivity contribution in [3.8, 4) is 0 Å². The summed E-state index contributed by atoms with van der Waals surface area (Å²) in [5.41, 5.74) is 5.42. The summed E-state index contributed by atoms with van der Waals surface area (Å²) >= 11 is 0. The van der Waals surface area contributed by atoms with E-state index in [4.69, 9.17) is 10.3 Å². The van der Waals surface area contributed by atoms with Gasteiger partial charge in [0.1, 0.15) is 5.82 Å². The lowest BCUT2D eigenvalue weighted by atomic mass is 10.3. The number of sulfonamides is 1. The number of nitrogen functional groups attached to an aromatic ring is 1. The number of aromatic nitrogens is 2. The van der Waals surface area contributed by atoms with Gasteiger partial charge in [0.15, 0.2) is 5.82 Å². The van der Waals surface area contributed by atoms with Crippen LogP contribution in [0.15, 0.2) is 27.6 Å². The number of nitrogens with zero attached hydrogens (tertiary/aromatic N) is 2. The third kappa shape index (κ3) is 3.26. The molecule has 1 heterocycles. The Labute approximate surface area is 108 Å². The van der Waals surface area contributed by atoms with Crippen LogP contribution in [0.1, 0.15) is 11.7 Å². The second-order valence-electron chi connectivity index (χ2n) is 3.78. The summed E-state index contributed by atoms with van der Waals surface area (Å²) in [4.78, 5) is 3.58. The van der Waals surface area contributed by atoms with Gasteiger partial charge in [-0.25, -0.2) is 17.5 Å². The number of rotatable bonds is 4. The zero-order valence-corrected chi connectivity index (χ0v) is 10.7. The van der Waals surface area contributed by atoms with Gasteiger partial charge in [-0.3, -0.25) is 0 Å². The zero-order chi connectivity index (χ0) is 14.0. The second kappa shape index (κ2) is 4.94. The van der Waals surface area contributed by atoms with Gasteiger partial charge in [0.25, 0.3) is 0 Å². The molecule has 0 radical (unpaired) electrons. The van der Waals surface area contributed by atoms with Crippen LogP contribution in [0, 0.1) is 12.7 Å². The summed E-state index contributed by atoms with van der Waals surface area (Å²) in [5.74, 6) is -0.219. The highest BCUT2D eigenvalue weighted by Gasteiger charge is 2.17. The fourth-order valence-electron chi connectivity index (χ4n) is 1.39. The van der Waals surface area contributed by atoms with Gasteiger partial charge in [0.05, 0.1) is 11.4 Å².